The molecule has 3 N–H and O–H groups in total. The van der Waals surface area contributed by atoms with Crippen molar-refractivity contribution >= 4 is 5.96 Å². The third-order valence-electron chi connectivity index (χ3n) is 2.93. The van der Waals surface area contributed by atoms with Crippen LogP contribution < -0.4 is 15.8 Å². The van der Waals surface area contributed by atoms with Crippen molar-refractivity contribution in [1.82, 2.24) is 10.3 Å². The molecule has 5 nitrogen and oxygen atoms in total. The van der Waals surface area contributed by atoms with Gasteiger partial charge in [-0.15, -0.1) is 0 Å². The highest BCUT2D eigenvalue weighted by molar-refractivity contribution is 5.78. The van der Waals surface area contributed by atoms with E-state index in [1.165, 1.54) is 0 Å². The van der Waals surface area contributed by atoms with Crippen molar-refractivity contribution in [2.45, 2.75) is 46.8 Å². The third kappa shape index (κ3) is 7.67. The first-order valence-corrected chi connectivity index (χ1v) is 7.66. The van der Waals surface area contributed by atoms with Gasteiger partial charge in [0.25, 0.3) is 0 Å². The minimum absolute atomic E-state index is 0.147. The van der Waals surface area contributed by atoms with E-state index < -0.39 is 0 Å². The Morgan fingerprint density at radius 1 is 1.45 bits per heavy atom. The van der Waals surface area contributed by atoms with E-state index in [2.05, 4.69) is 42.6 Å². The molecule has 1 aromatic heterocycles. The number of nitrogens with zero attached hydrogens (tertiary/aromatic N) is 2. The summed E-state index contributed by atoms with van der Waals surface area (Å²) in [5, 5.41) is 3.00. The van der Waals surface area contributed by atoms with Crippen LogP contribution >= 0.6 is 0 Å². The van der Waals surface area contributed by atoms with Gasteiger partial charge in [-0.3, -0.25) is 0 Å². The summed E-state index contributed by atoms with van der Waals surface area (Å²) in [6, 6.07) is 3.82. The fourth-order valence-corrected chi connectivity index (χ4v) is 2.01. The Labute approximate surface area is 133 Å². The molecule has 0 spiro atoms. The van der Waals surface area contributed by atoms with Crippen LogP contribution in [0.3, 0.4) is 0 Å². The van der Waals surface area contributed by atoms with Crippen LogP contribution in [0.15, 0.2) is 35.5 Å². The second-order valence-corrected chi connectivity index (χ2v) is 6.07. The molecular weight excluding hydrogens is 276 g/mol. The Hall–Kier alpha value is -2.04. The maximum atomic E-state index is 5.83. The first-order chi connectivity index (χ1) is 10.4. The number of hydrogen-bond donors (Lipinski definition) is 2. The molecule has 0 radical (unpaired) electrons. The van der Waals surface area contributed by atoms with Crippen molar-refractivity contribution in [3.8, 4) is 5.88 Å². The summed E-state index contributed by atoms with van der Waals surface area (Å²) >= 11 is 0. The summed E-state index contributed by atoms with van der Waals surface area (Å²) in [5.74, 6) is 1.65. The van der Waals surface area contributed by atoms with E-state index in [9.17, 15) is 0 Å². The Balaban J connectivity index is 2.56. The number of nitrogens with one attached hydrogen (secondary N) is 1. The molecule has 0 aliphatic heterocycles. The predicted molar refractivity (Wildman–Crippen MR) is 91.9 cm³/mol. The smallest absolute Gasteiger partial charge is 0.213 e. The van der Waals surface area contributed by atoms with E-state index in [0.717, 1.165) is 17.6 Å². The van der Waals surface area contributed by atoms with Crippen LogP contribution in [-0.2, 0) is 6.54 Å². The van der Waals surface area contributed by atoms with E-state index in [1.54, 1.807) is 6.20 Å². The first-order valence-electron chi connectivity index (χ1n) is 7.66. The van der Waals surface area contributed by atoms with E-state index >= 15 is 0 Å². The zero-order valence-corrected chi connectivity index (χ0v) is 14.1. The summed E-state index contributed by atoms with van der Waals surface area (Å²) in [6.07, 6.45) is 2.88. The second-order valence-electron chi connectivity index (χ2n) is 6.07. The number of nitrogens with two attached hydrogens (primary N) is 1. The summed E-state index contributed by atoms with van der Waals surface area (Å²) in [5.41, 5.74) is 7.82. The maximum absolute atomic E-state index is 5.83. The van der Waals surface area contributed by atoms with E-state index in [1.807, 2.05) is 19.1 Å². The lowest BCUT2D eigenvalue weighted by Crippen LogP contribution is -2.32. The molecule has 5 heteroatoms. The zero-order valence-electron chi connectivity index (χ0n) is 14.1. The standard InChI is InChI=1S/C17H28N4O/c1-12(2)8-14(5)22-16-9-15(6-7-19-16)11-21-17(18)20-10-13(3)4/h6-7,9,12,14H,3,8,10-11H2,1-2,4-5H3,(H3,18,20,21). The molecule has 1 unspecified atom stereocenters. The van der Waals surface area contributed by atoms with Crippen molar-refractivity contribution in [1.29, 1.82) is 0 Å². The van der Waals surface area contributed by atoms with Crippen molar-refractivity contribution in [2.24, 2.45) is 16.6 Å². The Morgan fingerprint density at radius 2 is 2.18 bits per heavy atom. The Kier molecular flexibility index (Phi) is 7.43. The SMILES string of the molecule is C=C(C)CNC(N)=NCc1ccnc(OC(C)CC(C)C)c1. The predicted octanol–water partition coefficient (Wildman–Crippen LogP) is 2.88. The monoisotopic (exact) mass is 304 g/mol. The van der Waals surface area contributed by atoms with Gasteiger partial charge in [0.1, 0.15) is 0 Å². The minimum Gasteiger partial charge on any atom is -0.475 e. The molecule has 0 saturated carbocycles. The highest BCUT2D eigenvalue weighted by atomic mass is 16.5. The molecular formula is C17H28N4O. The summed E-state index contributed by atoms with van der Waals surface area (Å²) in [4.78, 5) is 8.54. The molecule has 0 amide bonds. The number of aliphatic imine (C=N–C) groups is 1. The van der Waals surface area contributed by atoms with Crippen LogP contribution in [0.1, 0.15) is 39.7 Å². The van der Waals surface area contributed by atoms with Crippen molar-refractivity contribution < 1.29 is 4.74 Å². The molecule has 122 valence electrons. The van der Waals surface area contributed by atoms with Gasteiger partial charge in [-0.25, -0.2) is 9.98 Å². The number of aromatic nitrogens is 1. The Bertz CT molecular complexity index is 511. The molecule has 1 heterocycles. The molecule has 0 aliphatic carbocycles. The fraction of sp³-hybridized carbons (Fsp3) is 0.529. The van der Waals surface area contributed by atoms with Gasteiger partial charge in [0.2, 0.25) is 5.88 Å². The van der Waals surface area contributed by atoms with Crippen molar-refractivity contribution in [3.63, 3.8) is 0 Å². The summed E-state index contributed by atoms with van der Waals surface area (Å²) in [7, 11) is 0. The van der Waals surface area contributed by atoms with Gasteiger partial charge in [0, 0.05) is 18.8 Å². The second kappa shape index (κ2) is 9.07. The van der Waals surface area contributed by atoms with Gasteiger partial charge in [-0.2, -0.15) is 0 Å². The van der Waals surface area contributed by atoms with Crippen LogP contribution in [0.25, 0.3) is 0 Å². The van der Waals surface area contributed by atoms with Crippen molar-refractivity contribution in [2.75, 3.05) is 6.54 Å². The van der Waals surface area contributed by atoms with Gasteiger partial charge in [0.05, 0.1) is 12.6 Å². The topological polar surface area (TPSA) is 72.5 Å². The van der Waals surface area contributed by atoms with E-state index in [-0.39, 0.29) is 6.10 Å². The van der Waals surface area contributed by atoms with Crippen LogP contribution in [0.4, 0.5) is 0 Å². The normalized spacial score (nSPS) is 13.0. The summed E-state index contributed by atoms with van der Waals surface area (Å²) < 4.78 is 5.83. The largest absolute Gasteiger partial charge is 0.475 e. The number of hydrogen-bond acceptors (Lipinski definition) is 3. The first kappa shape index (κ1) is 18.0. The molecule has 1 aromatic rings. The third-order valence-corrected chi connectivity index (χ3v) is 2.93. The summed E-state index contributed by atoms with van der Waals surface area (Å²) in [6.45, 7) is 13.3. The van der Waals surface area contributed by atoms with E-state index in [0.29, 0.717) is 30.8 Å². The highest BCUT2D eigenvalue weighted by Crippen LogP contribution is 2.15. The van der Waals surface area contributed by atoms with Gasteiger partial charge in [-0.1, -0.05) is 26.0 Å². The average molecular weight is 304 g/mol. The Morgan fingerprint density at radius 3 is 2.82 bits per heavy atom. The fourth-order valence-electron chi connectivity index (χ4n) is 2.01. The number of pyridine rings is 1. The molecule has 0 fully saturated rings. The molecule has 1 rings (SSSR count). The molecule has 0 saturated heterocycles. The molecule has 1 atom stereocenters. The van der Waals surface area contributed by atoms with Gasteiger partial charge < -0.3 is 15.8 Å². The van der Waals surface area contributed by atoms with E-state index in [4.69, 9.17) is 10.5 Å². The maximum Gasteiger partial charge on any atom is 0.213 e. The number of guanidine groups is 1. The molecule has 0 bridgehead atoms. The van der Waals surface area contributed by atoms with Gasteiger partial charge >= 0.3 is 0 Å². The number of rotatable bonds is 8. The van der Waals surface area contributed by atoms with Crippen LogP contribution in [-0.4, -0.2) is 23.6 Å². The van der Waals surface area contributed by atoms with Gasteiger partial charge in [-0.05, 0) is 37.8 Å². The lowest BCUT2D eigenvalue weighted by molar-refractivity contribution is 0.185. The highest BCUT2D eigenvalue weighted by Gasteiger charge is 2.08. The lowest BCUT2D eigenvalue weighted by Gasteiger charge is -2.16. The quantitative estimate of drug-likeness (QED) is 0.440. The molecule has 0 aromatic carbocycles. The lowest BCUT2D eigenvalue weighted by atomic mass is 10.1. The molecule has 22 heavy (non-hydrogen) atoms. The van der Waals surface area contributed by atoms with Crippen molar-refractivity contribution in [3.05, 3.63) is 36.0 Å². The van der Waals surface area contributed by atoms with Crippen LogP contribution in [0, 0.1) is 5.92 Å². The molecule has 0 aliphatic rings. The zero-order chi connectivity index (χ0) is 16.5. The number of ether oxygens (including phenoxy) is 1. The minimum atomic E-state index is 0.147. The van der Waals surface area contributed by atoms with Gasteiger partial charge in [0.15, 0.2) is 5.96 Å². The average Bonchev–Trinajstić information content (AvgIpc) is 2.42. The van der Waals surface area contributed by atoms with Crippen LogP contribution in [0.5, 0.6) is 5.88 Å². The van der Waals surface area contributed by atoms with Crippen LogP contribution in [0.2, 0.25) is 0 Å².